The van der Waals surface area contributed by atoms with E-state index in [0.29, 0.717) is 17.7 Å². The van der Waals surface area contributed by atoms with Crippen molar-refractivity contribution >= 4 is 27.3 Å². The van der Waals surface area contributed by atoms with E-state index in [-0.39, 0.29) is 10.8 Å². The first-order valence-corrected chi connectivity index (χ1v) is 9.47. The number of rotatable bonds is 5. The van der Waals surface area contributed by atoms with Gasteiger partial charge >= 0.3 is 0 Å². The number of aromatic nitrogens is 1. The zero-order valence-electron chi connectivity index (χ0n) is 13.2. The second-order valence-corrected chi connectivity index (χ2v) is 7.77. The van der Waals surface area contributed by atoms with Crippen molar-refractivity contribution in [1.29, 1.82) is 0 Å². The third kappa shape index (κ3) is 4.15. The van der Waals surface area contributed by atoms with E-state index in [1.54, 1.807) is 31.4 Å². The summed E-state index contributed by atoms with van der Waals surface area (Å²) in [5, 5.41) is 8.08. The molecule has 1 aromatic carbocycles. The quantitative estimate of drug-likeness (QED) is 0.889. The topological polar surface area (TPSA) is 93.4 Å². The van der Waals surface area contributed by atoms with E-state index in [1.165, 1.54) is 17.0 Å². The van der Waals surface area contributed by atoms with Gasteiger partial charge in [0.15, 0.2) is 0 Å². The Labute approximate surface area is 140 Å². The van der Waals surface area contributed by atoms with Crippen molar-refractivity contribution in [3.05, 3.63) is 45.4 Å². The summed E-state index contributed by atoms with van der Waals surface area (Å²) in [5.41, 5.74) is 1.84. The maximum absolute atomic E-state index is 12.6. The van der Waals surface area contributed by atoms with Crippen molar-refractivity contribution in [2.45, 2.75) is 31.7 Å². The Balaban J connectivity index is 2.25. The third-order valence-corrected chi connectivity index (χ3v) is 5.37. The Hall–Kier alpha value is -1.77. The Morgan fingerprint density at radius 1 is 1.39 bits per heavy atom. The summed E-state index contributed by atoms with van der Waals surface area (Å²) in [5.74, 6) is -0.265. The zero-order valence-corrected chi connectivity index (χ0v) is 14.9. The lowest BCUT2D eigenvalue weighted by Gasteiger charge is -2.17. The average Bonchev–Trinajstić information content (AvgIpc) is 2.93. The highest BCUT2D eigenvalue weighted by atomic mass is 32.2. The number of aryl methyl sites for hydroxylation is 2. The van der Waals surface area contributed by atoms with Gasteiger partial charge < -0.3 is 4.90 Å². The number of amides is 1. The number of hydrogen-bond acceptors (Lipinski definition) is 5. The van der Waals surface area contributed by atoms with Gasteiger partial charge in [-0.1, -0.05) is 13.0 Å². The van der Waals surface area contributed by atoms with Gasteiger partial charge in [-0.05, 0) is 31.0 Å². The second-order valence-electron chi connectivity index (χ2n) is 5.27. The molecule has 0 aliphatic rings. The number of nitrogens with two attached hydrogens (primary N) is 1. The van der Waals surface area contributed by atoms with Gasteiger partial charge in [-0.15, -0.1) is 11.3 Å². The van der Waals surface area contributed by atoms with Gasteiger partial charge in [0.25, 0.3) is 5.91 Å². The molecule has 1 aromatic heterocycles. The molecule has 8 heteroatoms. The molecule has 124 valence electrons. The number of carbonyl (C=O) groups is 1. The molecule has 0 saturated carbocycles. The van der Waals surface area contributed by atoms with Gasteiger partial charge in [0.05, 0.1) is 22.1 Å². The highest BCUT2D eigenvalue weighted by Crippen LogP contribution is 2.18. The van der Waals surface area contributed by atoms with Gasteiger partial charge in [0.1, 0.15) is 0 Å². The molecule has 0 aliphatic carbocycles. The summed E-state index contributed by atoms with van der Waals surface area (Å²) < 4.78 is 22.9. The molecular formula is C15H19N3O3S2. The highest BCUT2D eigenvalue weighted by molar-refractivity contribution is 7.89. The minimum absolute atomic E-state index is 0.0678. The van der Waals surface area contributed by atoms with E-state index < -0.39 is 10.0 Å². The second kappa shape index (κ2) is 6.77. The summed E-state index contributed by atoms with van der Waals surface area (Å²) in [6, 6.07) is 4.30. The molecule has 0 bridgehead atoms. The van der Waals surface area contributed by atoms with Crippen LogP contribution in [0.1, 0.15) is 33.5 Å². The molecule has 0 saturated heterocycles. The maximum Gasteiger partial charge on any atom is 0.254 e. The molecule has 0 atom stereocenters. The Bertz CT molecular complexity index is 828. The molecule has 0 unspecified atom stereocenters. The van der Waals surface area contributed by atoms with Crippen LogP contribution in [0, 0.1) is 6.92 Å². The van der Waals surface area contributed by atoms with Crippen molar-refractivity contribution in [1.82, 2.24) is 9.88 Å². The zero-order chi connectivity index (χ0) is 17.2. The summed E-state index contributed by atoms with van der Waals surface area (Å²) in [7, 11) is -2.18. The van der Waals surface area contributed by atoms with Crippen LogP contribution in [0.25, 0.3) is 0 Å². The lowest BCUT2D eigenvalue weighted by atomic mass is 10.1. The van der Waals surface area contributed by atoms with Crippen molar-refractivity contribution < 1.29 is 13.2 Å². The Morgan fingerprint density at radius 3 is 2.65 bits per heavy atom. The van der Waals surface area contributed by atoms with Gasteiger partial charge in [0, 0.05) is 18.0 Å². The number of carbonyl (C=O) groups excluding carboxylic acids is 1. The summed E-state index contributed by atoms with van der Waals surface area (Å²) in [6.45, 7) is 4.15. The monoisotopic (exact) mass is 353 g/mol. The van der Waals surface area contributed by atoms with Crippen LogP contribution in [0.2, 0.25) is 0 Å². The molecule has 1 heterocycles. The normalized spacial score (nSPS) is 11.5. The van der Waals surface area contributed by atoms with Gasteiger partial charge in [-0.3, -0.25) is 4.79 Å². The number of nitrogens with zero attached hydrogens (tertiary/aromatic N) is 2. The van der Waals surface area contributed by atoms with Crippen LogP contribution < -0.4 is 5.14 Å². The summed E-state index contributed by atoms with van der Waals surface area (Å²) in [4.78, 5) is 18.5. The van der Waals surface area contributed by atoms with Gasteiger partial charge in [0.2, 0.25) is 10.0 Å². The van der Waals surface area contributed by atoms with Crippen molar-refractivity contribution in [2.75, 3.05) is 7.05 Å². The molecule has 0 radical (unpaired) electrons. The van der Waals surface area contributed by atoms with E-state index >= 15 is 0 Å². The van der Waals surface area contributed by atoms with E-state index in [0.717, 1.165) is 17.1 Å². The smallest absolute Gasteiger partial charge is 0.254 e. The fourth-order valence-corrected chi connectivity index (χ4v) is 3.39. The molecule has 0 fully saturated rings. The van der Waals surface area contributed by atoms with Crippen LogP contribution in [0.15, 0.2) is 28.5 Å². The van der Waals surface area contributed by atoms with Crippen LogP contribution in [0.5, 0.6) is 0 Å². The highest BCUT2D eigenvalue weighted by Gasteiger charge is 2.18. The minimum Gasteiger partial charge on any atom is -0.336 e. The maximum atomic E-state index is 12.6. The van der Waals surface area contributed by atoms with Crippen molar-refractivity contribution in [3.63, 3.8) is 0 Å². The summed E-state index contributed by atoms with van der Waals surface area (Å²) >= 11 is 1.56. The van der Waals surface area contributed by atoms with E-state index in [2.05, 4.69) is 4.98 Å². The average molecular weight is 353 g/mol. The molecule has 2 rings (SSSR count). The standard InChI is InChI=1S/C15H19N3O3S2/c1-4-14-17-11(9-22-14)8-18(3)15(19)13-7-12(23(16,20)21)6-5-10(13)2/h5-7,9H,4,8H2,1-3H3,(H2,16,20,21). The molecule has 6 nitrogen and oxygen atoms in total. The SMILES string of the molecule is CCc1nc(CN(C)C(=O)c2cc(S(N)(=O)=O)ccc2C)cs1. The van der Waals surface area contributed by atoms with Gasteiger partial charge in [-0.2, -0.15) is 0 Å². The molecule has 23 heavy (non-hydrogen) atoms. The lowest BCUT2D eigenvalue weighted by Crippen LogP contribution is -2.27. The lowest BCUT2D eigenvalue weighted by molar-refractivity contribution is 0.0782. The third-order valence-electron chi connectivity index (χ3n) is 3.42. The molecular weight excluding hydrogens is 334 g/mol. The van der Waals surface area contributed by atoms with Crippen LogP contribution in [-0.2, 0) is 23.0 Å². The van der Waals surface area contributed by atoms with Crippen LogP contribution in [0.3, 0.4) is 0 Å². The summed E-state index contributed by atoms with van der Waals surface area (Å²) in [6.07, 6.45) is 0.859. The number of hydrogen-bond donors (Lipinski definition) is 1. The molecule has 0 aliphatic heterocycles. The fraction of sp³-hybridized carbons (Fsp3) is 0.333. The first-order chi connectivity index (χ1) is 10.7. The van der Waals surface area contributed by atoms with Crippen LogP contribution in [0.4, 0.5) is 0 Å². The predicted octanol–water partition coefficient (Wildman–Crippen LogP) is 1.93. The number of benzene rings is 1. The van der Waals surface area contributed by atoms with Crippen molar-refractivity contribution in [2.24, 2.45) is 5.14 Å². The van der Waals surface area contributed by atoms with Crippen LogP contribution >= 0.6 is 11.3 Å². The number of sulfonamides is 1. The molecule has 0 spiro atoms. The predicted molar refractivity (Wildman–Crippen MR) is 89.8 cm³/mol. The van der Waals surface area contributed by atoms with E-state index in [4.69, 9.17) is 5.14 Å². The molecule has 2 N–H and O–H groups in total. The van der Waals surface area contributed by atoms with E-state index in [9.17, 15) is 13.2 Å². The fourth-order valence-electron chi connectivity index (χ4n) is 2.11. The number of primary sulfonamides is 1. The first-order valence-electron chi connectivity index (χ1n) is 7.04. The molecule has 2 aromatic rings. The van der Waals surface area contributed by atoms with E-state index in [1.807, 2.05) is 12.3 Å². The van der Waals surface area contributed by atoms with Crippen molar-refractivity contribution in [3.8, 4) is 0 Å². The Morgan fingerprint density at radius 2 is 2.09 bits per heavy atom. The Kier molecular flexibility index (Phi) is 5.18. The molecule has 1 amide bonds. The largest absolute Gasteiger partial charge is 0.336 e. The number of thiazole rings is 1. The van der Waals surface area contributed by atoms with Gasteiger partial charge in [-0.25, -0.2) is 18.5 Å². The minimum atomic E-state index is -3.84. The first kappa shape index (κ1) is 17.6. The van der Waals surface area contributed by atoms with Crippen LogP contribution in [-0.4, -0.2) is 31.3 Å².